The van der Waals surface area contributed by atoms with Crippen molar-refractivity contribution in [2.45, 2.75) is 6.90 Å². The fourth-order valence-corrected chi connectivity index (χ4v) is 0. The minimum absolute atomic E-state index is 0. The van der Waals surface area contributed by atoms with E-state index in [1.54, 1.807) is 0 Å². The van der Waals surface area contributed by atoms with Gasteiger partial charge in [0.05, 0.1) is 0 Å². The fraction of sp³-hybridized carbons (Fsp3) is 0.500. The third kappa shape index (κ3) is 14.5. The second-order valence-corrected chi connectivity index (χ2v) is 0.433. The van der Waals surface area contributed by atoms with Crippen LogP contribution in [0.1, 0.15) is 8.27 Å². The van der Waals surface area contributed by atoms with Crippen molar-refractivity contribution in [3.05, 3.63) is 0 Å². The van der Waals surface area contributed by atoms with Gasteiger partial charge in [-0.15, -0.1) is 0 Å². The van der Waals surface area contributed by atoms with Gasteiger partial charge in [-0.1, -0.05) is 0 Å². The summed E-state index contributed by atoms with van der Waals surface area (Å²) in [7, 11) is 0. The van der Waals surface area contributed by atoms with Gasteiger partial charge in [0.15, 0.2) is 0 Å². The molecule has 0 aromatic carbocycles. The molecule has 2 heteroatoms. The van der Waals surface area contributed by atoms with Crippen molar-refractivity contribution in [2.24, 2.45) is 0 Å². The Bertz CT molecular complexity index is 23.6. The summed E-state index contributed by atoms with van der Waals surface area (Å²) in [6.07, 6.45) is 0. The van der Waals surface area contributed by atoms with E-state index in [1.165, 1.54) is 0 Å². The molecule has 0 N–H and O–H groups in total. The van der Waals surface area contributed by atoms with E-state index >= 15 is 0 Å². The molecule has 0 atom stereocenters. The van der Waals surface area contributed by atoms with Crippen molar-refractivity contribution in [3.63, 3.8) is 0 Å². The van der Waals surface area contributed by atoms with Gasteiger partial charge in [-0.05, 0) is 1.37 Å². The first-order chi connectivity index (χ1) is 1.91. The van der Waals surface area contributed by atoms with Gasteiger partial charge in [-0.2, -0.15) is 6.90 Å². The largest absolute Gasteiger partial charge is 0.428 e. The van der Waals surface area contributed by atoms with Crippen LogP contribution in [0, 0.1) is 0 Å². The first-order valence-electron chi connectivity index (χ1n) is 1.26. The van der Waals surface area contributed by atoms with Crippen LogP contribution < -0.4 is 0 Å². The molecule has 4 heavy (non-hydrogen) atoms. The Balaban J connectivity index is 0. The molecule has 0 aliphatic heterocycles. The Morgan fingerprint density at radius 2 is 2.50 bits per heavy atom. The summed E-state index contributed by atoms with van der Waals surface area (Å²) >= 11 is 4.12. The second kappa shape index (κ2) is 9.22. The van der Waals surface area contributed by atoms with Crippen molar-refractivity contribution >= 4 is 17.6 Å². The van der Waals surface area contributed by atoms with Crippen LogP contribution in [-0.4, -0.2) is 5.37 Å². The topological polar surface area (TPSA) is 0 Å². The Kier molecular flexibility index (Phi) is 11.0. The smallest absolute Gasteiger partial charge is 0 e. The summed E-state index contributed by atoms with van der Waals surface area (Å²) < 4.78 is 6.24. The molecule has 0 saturated heterocycles. The zero-order valence-electron chi connectivity index (χ0n) is 3.02. The van der Waals surface area contributed by atoms with Crippen LogP contribution in [0.5, 0.6) is 0 Å². The Morgan fingerprint density at radius 3 is 2.50 bits per heavy atom. The van der Waals surface area contributed by atoms with Crippen molar-refractivity contribution in [2.75, 3.05) is 0 Å². The molecule has 0 saturated carbocycles. The minimum Gasteiger partial charge on any atom is -0.428 e. The van der Waals surface area contributed by atoms with E-state index in [0.717, 1.165) is 0 Å². The molecule has 0 aromatic heterocycles. The summed E-state index contributed by atoms with van der Waals surface area (Å²) in [5, 5.41) is 2.18. The second-order valence-electron chi connectivity index (χ2n) is 0.144. The molecular weight excluding hydrogens is 240 g/mol. The Labute approximate surface area is 47.3 Å². The summed E-state index contributed by atoms with van der Waals surface area (Å²) in [6.45, 7) is 0.134. The maximum absolute atomic E-state index is 6.24. The molecule has 0 radical (unpaired) electrons. The maximum Gasteiger partial charge on any atom is 0 e. The average Bonchev–Trinajstić information content (AvgIpc) is 1.37. The van der Waals surface area contributed by atoms with E-state index in [4.69, 9.17) is 1.37 Å². The molecule has 0 amide bonds. The molecular formula is C2H3SW-. The molecule has 0 rings (SSSR count). The van der Waals surface area contributed by atoms with E-state index < -0.39 is 0 Å². The predicted octanol–water partition coefficient (Wildman–Crippen LogP) is 0.881. The van der Waals surface area contributed by atoms with E-state index in [1.807, 2.05) is 0 Å². The molecule has 0 aromatic rings. The van der Waals surface area contributed by atoms with Gasteiger partial charge in [0.25, 0.3) is 0 Å². The van der Waals surface area contributed by atoms with Gasteiger partial charge in [-0.25, -0.2) is 0 Å². The third-order valence-corrected chi connectivity index (χ3v) is 0. The van der Waals surface area contributed by atoms with Crippen LogP contribution in [0.15, 0.2) is 0 Å². The standard InChI is InChI=1S/C2H3S.W/c1-2-3;/h1H3;/q-1;/i1D;. The maximum atomic E-state index is 6.24. The molecule has 0 spiro atoms. The van der Waals surface area contributed by atoms with Gasteiger partial charge >= 0.3 is 0 Å². The zero-order valence-corrected chi connectivity index (χ0v) is 5.77. The van der Waals surface area contributed by atoms with Crippen LogP contribution in [0.2, 0.25) is 0 Å². The van der Waals surface area contributed by atoms with Gasteiger partial charge < -0.3 is 17.6 Å². The van der Waals surface area contributed by atoms with Crippen molar-refractivity contribution in [1.29, 1.82) is 0 Å². The SMILES string of the molecule is [2H]C[C-]=S.[W]. The zero-order chi connectivity index (χ0) is 3.41. The number of thiocarbonyl (C=S) groups is 1. The summed E-state index contributed by atoms with van der Waals surface area (Å²) in [5.74, 6) is 0. The van der Waals surface area contributed by atoms with Crippen LogP contribution in [-0.2, 0) is 21.1 Å². The number of hydrogen-bond donors (Lipinski definition) is 0. The van der Waals surface area contributed by atoms with Crippen LogP contribution in [0.4, 0.5) is 0 Å². The Morgan fingerprint density at radius 1 is 2.25 bits per heavy atom. The predicted molar refractivity (Wildman–Crippen MR) is 18.3 cm³/mol. The van der Waals surface area contributed by atoms with E-state index in [2.05, 4.69) is 17.6 Å². The van der Waals surface area contributed by atoms with Gasteiger partial charge in [0, 0.05) is 21.1 Å². The van der Waals surface area contributed by atoms with Crippen molar-refractivity contribution in [3.8, 4) is 0 Å². The first kappa shape index (κ1) is 4.78. The van der Waals surface area contributed by atoms with Crippen LogP contribution in [0.25, 0.3) is 0 Å². The van der Waals surface area contributed by atoms with E-state index in [9.17, 15) is 0 Å². The number of hydrogen-bond acceptors (Lipinski definition) is 1. The minimum atomic E-state index is 0. The van der Waals surface area contributed by atoms with Gasteiger partial charge in [0.1, 0.15) is 0 Å². The van der Waals surface area contributed by atoms with Gasteiger partial charge in [-0.3, -0.25) is 0 Å². The average molecular weight is 244 g/mol. The molecule has 24 valence electrons. The molecule has 0 aliphatic rings. The molecule has 0 bridgehead atoms. The monoisotopic (exact) mass is 244 g/mol. The quantitative estimate of drug-likeness (QED) is 0.450. The molecule has 0 fully saturated rings. The third-order valence-electron chi connectivity index (χ3n) is 0. The Hall–Kier alpha value is 0.778. The molecule has 0 unspecified atom stereocenters. The fourth-order valence-electron chi connectivity index (χ4n) is 0. The van der Waals surface area contributed by atoms with Crippen LogP contribution >= 0.6 is 12.2 Å². The number of rotatable bonds is 0. The summed E-state index contributed by atoms with van der Waals surface area (Å²) in [5.41, 5.74) is 0. The summed E-state index contributed by atoms with van der Waals surface area (Å²) in [4.78, 5) is 0. The molecule has 0 aliphatic carbocycles. The summed E-state index contributed by atoms with van der Waals surface area (Å²) in [6, 6.07) is 0. The van der Waals surface area contributed by atoms with Crippen molar-refractivity contribution < 1.29 is 22.4 Å². The van der Waals surface area contributed by atoms with Crippen molar-refractivity contribution in [1.82, 2.24) is 0 Å². The van der Waals surface area contributed by atoms with E-state index in [0.29, 0.717) is 0 Å². The van der Waals surface area contributed by atoms with Gasteiger partial charge in [0.2, 0.25) is 0 Å². The van der Waals surface area contributed by atoms with E-state index in [-0.39, 0.29) is 28.0 Å². The normalized spacial score (nSPS) is 6.50. The first-order valence-corrected chi connectivity index (χ1v) is 0.966. The van der Waals surface area contributed by atoms with Crippen LogP contribution in [0.3, 0.4) is 0 Å². The molecule has 0 heterocycles. The molecule has 0 nitrogen and oxygen atoms in total.